The third-order valence-corrected chi connectivity index (χ3v) is 12.5. The minimum absolute atomic E-state index is 0.101. The molecular formula is C66H110O6. The Bertz CT molecular complexity index is 1470. The van der Waals surface area contributed by atoms with Crippen LogP contribution in [0.4, 0.5) is 0 Å². The molecule has 0 saturated heterocycles. The number of hydrogen-bond donors (Lipinski definition) is 0. The molecule has 0 aliphatic rings. The van der Waals surface area contributed by atoms with Crippen LogP contribution in [0.25, 0.3) is 0 Å². The van der Waals surface area contributed by atoms with Gasteiger partial charge in [-0.15, -0.1) is 0 Å². The van der Waals surface area contributed by atoms with E-state index in [-0.39, 0.29) is 31.1 Å². The fourth-order valence-corrected chi connectivity index (χ4v) is 8.00. The third kappa shape index (κ3) is 57.0. The number of esters is 3. The molecule has 410 valence electrons. The van der Waals surface area contributed by atoms with Gasteiger partial charge in [0.25, 0.3) is 0 Å². The van der Waals surface area contributed by atoms with Crippen molar-refractivity contribution in [1.82, 2.24) is 0 Å². The van der Waals surface area contributed by atoms with Crippen LogP contribution in [0.5, 0.6) is 0 Å². The van der Waals surface area contributed by atoms with E-state index in [0.717, 1.165) is 116 Å². The van der Waals surface area contributed by atoms with Crippen LogP contribution >= 0.6 is 0 Å². The van der Waals surface area contributed by atoms with Crippen LogP contribution < -0.4 is 0 Å². The summed E-state index contributed by atoms with van der Waals surface area (Å²) >= 11 is 0. The minimum atomic E-state index is -0.806. The Balaban J connectivity index is 4.50. The van der Waals surface area contributed by atoms with Gasteiger partial charge in [0.05, 0.1) is 0 Å². The fourth-order valence-electron chi connectivity index (χ4n) is 8.00. The fraction of sp³-hybridized carbons (Fsp3) is 0.682. The van der Waals surface area contributed by atoms with E-state index in [2.05, 4.69) is 130 Å². The van der Waals surface area contributed by atoms with Crippen LogP contribution in [0.3, 0.4) is 0 Å². The monoisotopic (exact) mass is 999 g/mol. The highest BCUT2D eigenvalue weighted by Gasteiger charge is 2.19. The zero-order valence-corrected chi connectivity index (χ0v) is 46.9. The molecule has 0 bridgehead atoms. The van der Waals surface area contributed by atoms with Gasteiger partial charge in [0.15, 0.2) is 6.10 Å². The minimum Gasteiger partial charge on any atom is -0.462 e. The maximum atomic E-state index is 12.9. The van der Waals surface area contributed by atoms with E-state index in [1.165, 1.54) is 109 Å². The Morgan fingerprint density at radius 3 is 0.903 bits per heavy atom. The average molecular weight is 1000 g/mol. The third-order valence-electron chi connectivity index (χ3n) is 12.5. The van der Waals surface area contributed by atoms with E-state index >= 15 is 0 Å². The maximum Gasteiger partial charge on any atom is 0.306 e. The highest BCUT2D eigenvalue weighted by atomic mass is 16.6. The Morgan fingerprint density at radius 1 is 0.292 bits per heavy atom. The van der Waals surface area contributed by atoms with Gasteiger partial charge < -0.3 is 14.2 Å². The summed E-state index contributed by atoms with van der Waals surface area (Å²) in [5, 5.41) is 0. The van der Waals surface area contributed by atoms with Crippen molar-refractivity contribution in [2.75, 3.05) is 13.2 Å². The van der Waals surface area contributed by atoms with Crippen LogP contribution in [-0.2, 0) is 28.6 Å². The summed E-state index contributed by atoms with van der Waals surface area (Å²) in [6.07, 6.45) is 80.8. The largest absolute Gasteiger partial charge is 0.462 e. The van der Waals surface area contributed by atoms with Gasteiger partial charge in [-0.2, -0.15) is 0 Å². The van der Waals surface area contributed by atoms with Crippen LogP contribution in [0, 0.1) is 0 Å². The highest BCUT2D eigenvalue weighted by Crippen LogP contribution is 2.14. The molecule has 0 aliphatic heterocycles. The summed E-state index contributed by atoms with van der Waals surface area (Å²) in [5.41, 5.74) is 0. The van der Waals surface area contributed by atoms with Crippen molar-refractivity contribution < 1.29 is 28.6 Å². The molecule has 1 unspecified atom stereocenters. The molecule has 0 aliphatic carbocycles. The quantitative estimate of drug-likeness (QED) is 0.0261. The summed E-state index contributed by atoms with van der Waals surface area (Å²) in [6, 6.07) is 0. The molecule has 1 atom stereocenters. The highest BCUT2D eigenvalue weighted by molar-refractivity contribution is 5.71. The standard InChI is InChI=1S/C66H110O6/c1-4-7-10-13-16-19-22-25-28-30-32-33-34-36-38-41-44-47-50-53-56-59-65(68)71-62-63(61-70-64(67)58-55-52-49-46-43-40-37-27-24-21-18-15-12-9-6-3)72-66(69)60-57-54-51-48-45-42-39-35-31-29-26-23-20-17-14-11-8-5-2/h7,10,16,19-20,23,25,27-29,31-33,36-38,44,47,63H,4-6,8-9,11-15,17-18,21-22,24,26,30,34-35,39-43,45-46,48-62H2,1-3H3/b10-7-,19-16-,23-20-,28-25-,31-29-,33-32-,37-27-,38-36-,47-44-. The van der Waals surface area contributed by atoms with Crippen LogP contribution in [0.15, 0.2) is 109 Å². The lowest BCUT2D eigenvalue weighted by Crippen LogP contribution is -2.30. The van der Waals surface area contributed by atoms with E-state index in [0.29, 0.717) is 25.7 Å². The first kappa shape index (κ1) is 68.1. The Kier molecular flexibility index (Phi) is 56.4. The topological polar surface area (TPSA) is 78.9 Å². The SMILES string of the molecule is CC/C=C\C/C=C\C/C=C\C/C=C\C/C=C\C/C=C\CCCCC(=O)OCC(COC(=O)CCCCCCC/C=C\CCCCCCCC)OC(=O)CCCCCCCCC/C=C\C/C=C\CCCCCC. The first-order valence-corrected chi connectivity index (χ1v) is 29.9. The van der Waals surface area contributed by atoms with Crippen molar-refractivity contribution in [3.8, 4) is 0 Å². The molecule has 0 saturated carbocycles. The van der Waals surface area contributed by atoms with Crippen LogP contribution in [0.2, 0.25) is 0 Å². The number of rotatable bonds is 53. The second-order valence-electron chi connectivity index (χ2n) is 19.5. The van der Waals surface area contributed by atoms with Crippen molar-refractivity contribution in [2.24, 2.45) is 0 Å². The average Bonchev–Trinajstić information content (AvgIpc) is 3.38. The van der Waals surface area contributed by atoms with E-state index < -0.39 is 6.10 Å². The molecular weight excluding hydrogens is 889 g/mol. The number of hydrogen-bond acceptors (Lipinski definition) is 6. The van der Waals surface area contributed by atoms with E-state index in [4.69, 9.17) is 14.2 Å². The number of ether oxygens (including phenoxy) is 3. The number of carbonyl (C=O) groups excluding carboxylic acids is 3. The molecule has 0 aromatic heterocycles. The van der Waals surface area contributed by atoms with Gasteiger partial charge in [0.2, 0.25) is 0 Å². The summed E-state index contributed by atoms with van der Waals surface area (Å²) < 4.78 is 16.8. The molecule has 0 aromatic rings. The molecule has 0 spiro atoms. The first-order chi connectivity index (χ1) is 35.5. The molecule has 0 fully saturated rings. The zero-order valence-electron chi connectivity index (χ0n) is 46.9. The van der Waals surface area contributed by atoms with E-state index in [1.54, 1.807) is 0 Å². The second-order valence-corrected chi connectivity index (χ2v) is 19.5. The number of allylic oxidation sites excluding steroid dienone is 18. The Morgan fingerprint density at radius 2 is 0.542 bits per heavy atom. The summed E-state index contributed by atoms with van der Waals surface area (Å²) in [5.74, 6) is -0.958. The van der Waals surface area contributed by atoms with Gasteiger partial charge in [0.1, 0.15) is 13.2 Å². The van der Waals surface area contributed by atoms with Gasteiger partial charge in [-0.1, -0.05) is 233 Å². The molecule has 0 aromatic carbocycles. The molecule has 0 radical (unpaired) electrons. The van der Waals surface area contributed by atoms with Gasteiger partial charge >= 0.3 is 17.9 Å². The van der Waals surface area contributed by atoms with Crippen molar-refractivity contribution in [3.05, 3.63) is 109 Å². The predicted octanol–water partition coefficient (Wildman–Crippen LogP) is 20.3. The van der Waals surface area contributed by atoms with Crippen molar-refractivity contribution in [3.63, 3.8) is 0 Å². The molecule has 0 rings (SSSR count). The van der Waals surface area contributed by atoms with Crippen molar-refractivity contribution >= 4 is 17.9 Å². The van der Waals surface area contributed by atoms with E-state index in [9.17, 15) is 14.4 Å². The molecule has 72 heavy (non-hydrogen) atoms. The zero-order chi connectivity index (χ0) is 52.2. The lowest BCUT2D eigenvalue weighted by molar-refractivity contribution is -0.167. The lowest BCUT2D eigenvalue weighted by atomic mass is 10.1. The molecule has 6 nitrogen and oxygen atoms in total. The molecule has 0 amide bonds. The van der Waals surface area contributed by atoms with Gasteiger partial charge in [-0.3, -0.25) is 14.4 Å². The van der Waals surface area contributed by atoms with Gasteiger partial charge in [0, 0.05) is 19.3 Å². The van der Waals surface area contributed by atoms with Gasteiger partial charge in [-0.05, 0) is 128 Å². The van der Waals surface area contributed by atoms with Crippen LogP contribution in [0.1, 0.15) is 271 Å². The molecule has 6 heteroatoms. The summed E-state index contributed by atoms with van der Waals surface area (Å²) in [6.45, 7) is 6.46. The summed E-state index contributed by atoms with van der Waals surface area (Å²) in [4.78, 5) is 38.2. The lowest BCUT2D eigenvalue weighted by Gasteiger charge is -2.18. The second kappa shape index (κ2) is 59.6. The Labute approximate surface area is 444 Å². The summed E-state index contributed by atoms with van der Waals surface area (Å²) in [7, 11) is 0. The van der Waals surface area contributed by atoms with Crippen LogP contribution in [-0.4, -0.2) is 37.2 Å². The number of unbranched alkanes of at least 4 members (excludes halogenated alkanes) is 24. The van der Waals surface area contributed by atoms with E-state index in [1.807, 2.05) is 0 Å². The molecule has 0 heterocycles. The number of carbonyl (C=O) groups is 3. The van der Waals surface area contributed by atoms with Crippen molar-refractivity contribution in [2.45, 2.75) is 277 Å². The predicted molar refractivity (Wildman–Crippen MR) is 311 cm³/mol. The molecule has 0 N–H and O–H groups in total. The maximum absolute atomic E-state index is 12.9. The first-order valence-electron chi connectivity index (χ1n) is 29.9. The smallest absolute Gasteiger partial charge is 0.306 e. The van der Waals surface area contributed by atoms with Gasteiger partial charge in [-0.25, -0.2) is 0 Å². The normalized spacial score (nSPS) is 12.9. The van der Waals surface area contributed by atoms with Crippen molar-refractivity contribution in [1.29, 1.82) is 0 Å². The Hall–Kier alpha value is -3.93.